The van der Waals surface area contributed by atoms with E-state index in [9.17, 15) is 0 Å². The van der Waals surface area contributed by atoms with Crippen molar-refractivity contribution in [2.24, 2.45) is 0 Å². The predicted molar refractivity (Wildman–Crippen MR) is 94.6 cm³/mol. The van der Waals surface area contributed by atoms with Crippen LogP contribution in [0.2, 0.25) is 0 Å². The molecule has 0 radical (unpaired) electrons. The molecule has 0 saturated heterocycles. The normalized spacial score (nSPS) is 7.65. The van der Waals surface area contributed by atoms with E-state index in [1.807, 2.05) is 121 Å². The molecule has 4 aromatic carbocycles. The van der Waals surface area contributed by atoms with Crippen molar-refractivity contribution in [3.8, 4) is 0 Å². The van der Waals surface area contributed by atoms with Crippen molar-refractivity contribution in [1.82, 2.24) is 0 Å². The summed E-state index contributed by atoms with van der Waals surface area (Å²) in [6.45, 7) is 0. The molecule has 23 heavy (non-hydrogen) atoms. The second kappa shape index (κ2) is 17.9. The monoisotopic (exact) mass is 332 g/mol. The second-order valence-electron chi connectivity index (χ2n) is 4.08. The molecule has 0 bridgehead atoms. The Kier molecular flexibility index (Phi) is 16.2. The van der Waals surface area contributed by atoms with Crippen LogP contribution >= 0.6 is 0 Å². The summed E-state index contributed by atoms with van der Waals surface area (Å²) < 4.78 is 0. The Morgan fingerprint density at radius 1 is 0.391 bits per heavy atom. The first kappa shape index (κ1) is 20.9. The summed E-state index contributed by atoms with van der Waals surface area (Å²) >= 11 is 0. The smallest absolute Gasteiger partial charge is 0.214 e. The minimum absolute atomic E-state index is 0. The Hall–Kier alpha value is -2.15. The molecule has 1 heteroatoms. The minimum atomic E-state index is 0. The van der Waals surface area contributed by atoms with Crippen LogP contribution in [-0.2, 0) is 21.7 Å². The standard InChI is InChI=1S/2C6H5.2C5H5.Ti/c2*1-2-4-6-5-3-1;2*1-2-4-5-3-1;/h2*1-5H;2*1-5H;/q4*-1;+4. The molecule has 4 aromatic rings. The van der Waals surface area contributed by atoms with Crippen molar-refractivity contribution in [2.75, 3.05) is 0 Å². The molecule has 0 amide bonds. The van der Waals surface area contributed by atoms with Crippen LogP contribution in [-0.4, -0.2) is 0 Å². The molecule has 112 valence electrons. The van der Waals surface area contributed by atoms with Crippen molar-refractivity contribution < 1.29 is 21.7 Å². The molecule has 0 fully saturated rings. The van der Waals surface area contributed by atoms with Gasteiger partial charge in [-0.25, -0.2) is 24.3 Å². The van der Waals surface area contributed by atoms with Crippen LogP contribution in [0, 0.1) is 12.1 Å². The molecule has 0 aliphatic carbocycles. The van der Waals surface area contributed by atoms with E-state index in [-0.39, 0.29) is 21.7 Å². The first-order valence-electron chi connectivity index (χ1n) is 7.15. The van der Waals surface area contributed by atoms with Crippen molar-refractivity contribution in [2.45, 2.75) is 0 Å². The first-order chi connectivity index (χ1) is 11.0. The van der Waals surface area contributed by atoms with Crippen LogP contribution in [0.1, 0.15) is 0 Å². The molecule has 0 heterocycles. The zero-order valence-electron chi connectivity index (χ0n) is 13.0. The van der Waals surface area contributed by atoms with E-state index < -0.39 is 0 Å². The number of rotatable bonds is 0. The average molecular weight is 332 g/mol. The quantitative estimate of drug-likeness (QED) is 0.283. The van der Waals surface area contributed by atoms with Gasteiger partial charge in [0.05, 0.1) is 0 Å². The SMILES string of the molecule is [Ti+4].[c-]1ccccc1.[c-]1ccccc1.c1cc[cH-]c1.c1cc[cH-]c1. The topological polar surface area (TPSA) is 0 Å². The van der Waals surface area contributed by atoms with Gasteiger partial charge in [-0.2, -0.15) is 109 Å². The summed E-state index contributed by atoms with van der Waals surface area (Å²) in [5.74, 6) is 0. The van der Waals surface area contributed by atoms with Gasteiger partial charge in [-0.05, 0) is 0 Å². The zero-order valence-corrected chi connectivity index (χ0v) is 14.6. The maximum absolute atomic E-state index is 2.89. The molecular formula is C22H20Ti. The number of benzene rings is 2. The molecule has 0 aliphatic rings. The Morgan fingerprint density at radius 2 is 0.696 bits per heavy atom. The summed E-state index contributed by atoms with van der Waals surface area (Å²) in [7, 11) is 0. The molecule has 0 spiro atoms. The fourth-order valence-electron chi connectivity index (χ4n) is 1.33. The number of hydrogen-bond donors (Lipinski definition) is 0. The minimum Gasteiger partial charge on any atom is -0.214 e. The molecule has 0 nitrogen and oxygen atoms in total. The zero-order chi connectivity index (χ0) is 15.6. The maximum Gasteiger partial charge on any atom is 4.00 e. The van der Waals surface area contributed by atoms with Gasteiger partial charge < -0.3 is 0 Å². The summed E-state index contributed by atoms with van der Waals surface area (Å²) in [5, 5.41) is 0. The second-order valence-corrected chi connectivity index (χ2v) is 4.08. The van der Waals surface area contributed by atoms with Gasteiger partial charge in [0.2, 0.25) is 0 Å². The fourth-order valence-corrected chi connectivity index (χ4v) is 1.33. The predicted octanol–water partition coefficient (Wildman–Crippen LogP) is 5.78. The van der Waals surface area contributed by atoms with Gasteiger partial charge in [0.25, 0.3) is 0 Å². The Balaban J connectivity index is 0.000000278. The molecular weight excluding hydrogens is 312 g/mol. The summed E-state index contributed by atoms with van der Waals surface area (Å²) in [6.07, 6.45) is 0. The van der Waals surface area contributed by atoms with Crippen molar-refractivity contribution in [3.05, 3.63) is 133 Å². The van der Waals surface area contributed by atoms with Gasteiger partial charge in [-0.3, -0.25) is 0 Å². The molecule has 0 atom stereocenters. The molecule has 0 aliphatic heterocycles. The van der Waals surface area contributed by atoms with Crippen molar-refractivity contribution in [3.63, 3.8) is 0 Å². The van der Waals surface area contributed by atoms with Crippen molar-refractivity contribution >= 4 is 0 Å². The third kappa shape index (κ3) is 16.1. The Bertz CT molecular complexity index is 435. The first-order valence-corrected chi connectivity index (χ1v) is 7.15. The Morgan fingerprint density at radius 3 is 0.783 bits per heavy atom. The van der Waals surface area contributed by atoms with Crippen LogP contribution in [0.4, 0.5) is 0 Å². The van der Waals surface area contributed by atoms with Crippen LogP contribution in [0.15, 0.2) is 121 Å². The molecule has 0 saturated carbocycles. The van der Waals surface area contributed by atoms with E-state index in [4.69, 9.17) is 0 Å². The summed E-state index contributed by atoms with van der Waals surface area (Å²) in [5.41, 5.74) is 0. The molecule has 0 N–H and O–H groups in total. The van der Waals surface area contributed by atoms with Crippen molar-refractivity contribution in [1.29, 1.82) is 0 Å². The largest absolute Gasteiger partial charge is 4.00 e. The summed E-state index contributed by atoms with van der Waals surface area (Å²) in [4.78, 5) is 0. The number of hydrogen-bond acceptors (Lipinski definition) is 0. The van der Waals surface area contributed by atoms with Gasteiger partial charge in [0.1, 0.15) is 0 Å². The Labute approximate surface area is 155 Å². The van der Waals surface area contributed by atoms with E-state index in [0.29, 0.717) is 0 Å². The van der Waals surface area contributed by atoms with Gasteiger partial charge in [0.15, 0.2) is 0 Å². The molecule has 4 rings (SSSR count). The third-order valence-corrected chi connectivity index (χ3v) is 2.33. The molecule has 0 unspecified atom stereocenters. The van der Waals surface area contributed by atoms with E-state index in [2.05, 4.69) is 12.1 Å². The van der Waals surface area contributed by atoms with E-state index >= 15 is 0 Å². The van der Waals surface area contributed by atoms with E-state index in [0.717, 1.165) is 0 Å². The van der Waals surface area contributed by atoms with Crippen LogP contribution < -0.4 is 0 Å². The van der Waals surface area contributed by atoms with Gasteiger partial charge in [-0.1, -0.05) is 0 Å². The molecule has 0 aromatic heterocycles. The van der Waals surface area contributed by atoms with Crippen LogP contribution in [0.25, 0.3) is 0 Å². The fraction of sp³-hybridized carbons (Fsp3) is 0. The maximum atomic E-state index is 2.89. The average Bonchev–Trinajstić information content (AvgIpc) is 3.37. The van der Waals surface area contributed by atoms with Crippen LogP contribution in [0.3, 0.4) is 0 Å². The van der Waals surface area contributed by atoms with Gasteiger partial charge in [0, 0.05) is 0 Å². The summed E-state index contributed by atoms with van der Waals surface area (Å²) in [6, 6.07) is 45.0. The van der Waals surface area contributed by atoms with E-state index in [1.165, 1.54) is 0 Å². The third-order valence-electron chi connectivity index (χ3n) is 2.33. The van der Waals surface area contributed by atoms with Gasteiger partial charge in [-0.15, -0.1) is 0 Å². The van der Waals surface area contributed by atoms with Crippen LogP contribution in [0.5, 0.6) is 0 Å². The van der Waals surface area contributed by atoms with E-state index in [1.54, 1.807) is 0 Å². The van der Waals surface area contributed by atoms with Gasteiger partial charge >= 0.3 is 21.7 Å².